The van der Waals surface area contributed by atoms with Gasteiger partial charge in [0.1, 0.15) is 5.75 Å². The summed E-state index contributed by atoms with van der Waals surface area (Å²) < 4.78 is 0. The van der Waals surface area contributed by atoms with Crippen molar-refractivity contribution in [3.8, 4) is 5.75 Å². The van der Waals surface area contributed by atoms with Crippen molar-refractivity contribution >= 4 is 34.1 Å². The van der Waals surface area contributed by atoms with E-state index in [0.717, 1.165) is 22.0 Å². The van der Waals surface area contributed by atoms with Gasteiger partial charge in [0.2, 0.25) is 0 Å². The molecule has 1 heterocycles. The lowest BCUT2D eigenvalue weighted by Gasteiger charge is -2.28. The minimum Gasteiger partial charge on any atom is -0.508 e. The number of aromatic hydroxyl groups is 1. The van der Waals surface area contributed by atoms with Crippen molar-refractivity contribution < 1.29 is 9.90 Å². The highest BCUT2D eigenvalue weighted by Gasteiger charge is 2.26. The van der Waals surface area contributed by atoms with Crippen molar-refractivity contribution in [1.82, 2.24) is 4.98 Å². The SMILES string of the molecule is CC(C)(C)c1cc(C(C)(C)C)c(NC(=O)c2cnc3ccccc3c2Cl)cc1O. The number of para-hydroxylation sites is 1. The van der Waals surface area contributed by atoms with E-state index in [9.17, 15) is 9.90 Å². The van der Waals surface area contributed by atoms with E-state index in [2.05, 4.69) is 31.1 Å². The lowest BCUT2D eigenvalue weighted by atomic mass is 9.79. The molecule has 29 heavy (non-hydrogen) atoms. The number of carbonyl (C=O) groups excluding carboxylic acids is 1. The summed E-state index contributed by atoms with van der Waals surface area (Å²) in [6.07, 6.45) is 1.49. The molecule has 1 aromatic heterocycles. The van der Waals surface area contributed by atoms with Crippen LogP contribution in [-0.2, 0) is 10.8 Å². The molecule has 0 fully saturated rings. The number of carbonyl (C=O) groups is 1. The summed E-state index contributed by atoms with van der Waals surface area (Å²) >= 11 is 6.50. The van der Waals surface area contributed by atoms with Gasteiger partial charge in [-0.2, -0.15) is 0 Å². The highest BCUT2D eigenvalue weighted by Crippen LogP contribution is 2.40. The molecule has 0 saturated heterocycles. The monoisotopic (exact) mass is 410 g/mol. The van der Waals surface area contributed by atoms with Gasteiger partial charge in [-0.15, -0.1) is 0 Å². The summed E-state index contributed by atoms with van der Waals surface area (Å²) in [5, 5.41) is 14.6. The van der Waals surface area contributed by atoms with E-state index in [1.807, 2.05) is 51.1 Å². The molecular formula is C24H27ClN2O2. The number of rotatable bonds is 2. The van der Waals surface area contributed by atoms with E-state index < -0.39 is 0 Å². The second kappa shape index (κ2) is 7.34. The largest absolute Gasteiger partial charge is 0.508 e. The Morgan fingerprint density at radius 1 is 1.00 bits per heavy atom. The molecule has 3 aromatic rings. The van der Waals surface area contributed by atoms with Crippen LogP contribution in [0.15, 0.2) is 42.6 Å². The van der Waals surface area contributed by atoms with E-state index in [1.165, 1.54) is 6.20 Å². The van der Waals surface area contributed by atoms with Gasteiger partial charge in [0.05, 0.1) is 16.1 Å². The molecule has 1 amide bonds. The lowest BCUT2D eigenvalue weighted by Crippen LogP contribution is -2.21. The van der Waals surface area contributed by atoms with Crippen molar-refractivity contribution in [1.29, 1.82) is 0 Å². The molecule has 152 valence electrons. The predicted molar refractivity (Wildman–Crippen MR) is 120 cm³/mol. The second-order valence-electron chi connectivity index (χ2n) is 9.37. The van der Waals surface area contributed by atoms with Gasteiger partial charge in [-0.05, 0) is 34.1 Å². The molecule has 0 aliphatic carbocycles. The third-order valence-electron chi connectivity index (χ3n) is 4.95. The molecule has 5 heteroatoms. The number of phenols is 1. The quantitative estimate of drug-likeness (QED) is 0.510. The van der Waals surface area contributed by atoms with Crippen LogP contribution in [0.3, 0.4) is 0 Å². The standard InChI is InChI=1S/C24H27ClN2O2/c1-23(2,3)16-11-17(24(4,5)6)20(28)12-19(16)27-22(29)15-13-26-18-10-8-7-9-14(18)21(15)25/h7-13,28H,1-6H3,(H,27,29). The van der Waals surface area contributed by atoms with E-state index in [0.29, 0.717) is 16.3 Å². The number of aromatic nitrogens is 1. The van der Waals surface area contributed by atoms with Crippen molar-refractivity contribution in [2.24, 2.45) is 0 Å². The van der Waals surface area contributed by atoms with Gasteiger partial charge in [-0.1, -0.05) is 71.3 Å². The Morgan fingerprint density at radius 2 is 1.62 bits per heavy atom. The maximum absolute atomic E-state index is 13.0. The number of hydrogen-bond donors (Lipinski definition) is 2. The number of nitrogens with one attached hydrogen (secondary N) is 1. The molecular weight excluding hydrogens is 384 g/mol. The topological polar surface area (TPSA) is 62.2 Å². The zero-order valence-corrected chi connectivity index (χ0v) is 18.5. The first-order chi connectivity index (χ1) is 13.4. The molecule has 0 aliphatic rings. The molecule has 0 radical (unpaired) electrons. The maximum atomic E-state index is 13.0. The molecule has 0 spiro atoms. The van der Waals surface area contributed by atoms with Crippen LogP contribution < -0.4 is 5.32 Å². The summed E-state index contributed by atoms with van der Waals surface area (Å²) in [6, 6.07) is 11.0. The van der Waals surface area contributed by atoms with Gasteiger partial charge in [-0.25, -0.2) is 0 Å². The van der Waals surface area contributed by atoms with Gasteiger partial charge >= 0.3 is 0 Å². The van der Waals surface area contributed by atoms with E-state index >= 15 is 0 Å². The van der Waals surface area contributed by atoms with Crippen molar-refractivity contribution in [2.45, 2.75) is 52.4 Å². The highest BCUT2D eigenvalue weighted by atomic mass is 35.5. The summed E-state index contributed by atoms with van der Waals surface area (Å²) in [5.41, 5.74) is 2.92. The van der Waals surface area contributed by atoms with E-state index in [1.54, 1.807) is 6.07 Å². The second-order valence-corrected chi connectivity index (χ2v) is 9.75. The van der Waals surface area contributed by atoms with Gasteiger partial charge in [-0.3, -0.25) is 9.78 Å². The van der Waals surface area contributed by atoms with Crippen LogP contribution in [0.4, 0.5) is 5.69 Å². The third kappa shape index (κ3) is 4.23. The Bertz CT molecular complexity index is 1090. The molecule has 0 unspecified atom stereocenters. The average molecular weight is 411 g/mol. The van der Waals surface area contributed by atoms with Crippen LogP contribution in [-0.4, -0.2) is 16.0 Å². The van der Waals surface area contributed by atoms with Crippen molar-refractivity contribution in [3.63, 3.8) is 0 Å². The summed E-state index contributed by atoms with van der Waals surface area (Å²) in [4.78, 5) is 17.4. The molecule has 2 N–H and O–H groups in total. The minimum absolute atomic E-state index is 0.156. The molecule has 0 atom stereocenters. The Labute approximate surface area is 176 Å². The number of phenolic OH excluding ortho intramolecular Hbond substituents is 1. The Hall–Kier alpha value is -2.59. The normalized spacial score (nSPS) is 12.2. The smallest absolute Gasteiger partial charge is 0.258 e. The summed E-state index contributed by atoms with van der Waals surface area (Å²) in [7, 11) is 0. The summed E-state index contributed by atoms with van der Waals surface area (Å²) in [5.74, 6) is -0.204. The maximum Gasteiger partial charge on any atom is 0.258 e. The third-order valence-corrected chi connectivity index (χ3v) is 5.36. The minimum atomic E-state index is -0.360. The Kier molecular flexibility index (Phi) is 5.35. The number of fused-ring (bicyclic) bond motifs is 1. The average Bonchev–Trinajstić information content (AvgIpc) is 2.60. The van der Waals surface area contributed by atoms with Crippen LogP contribution in [0, 0.1) is 0 Å². The lowest BCUT2D eigenvalue weighted by molar-refractivity contribution is 0.102. The fraction of sp³-hybridized carbons (Fsp3) is 0.333. The number of halogens is 1. The fourth-order valence-corrected chi connectivity index (χ4v) is 3.66. The van der Waals surface area contributed by atoms with Crippen LogP contribution in [0.5, 0.6) is 5.75 Å². The predicted octanol–water partition coefficient (Wildman–Crippen LogP) is 6.44. The number of amides is 1. The molecule has 4 nitrogen and oxygen atoms in total. The first-order valence-electron chi connectivity index (χ1n) is 9.62. The molecule has 0 bridgehead atoms. The Balaban J connectivity index is 2.07. The van der Waals surface area contributed by atoms with Crippen molar-refractivity contribution in [3.05, 3.63) is 64.3 Å². The van der Waals surface area contributed by atoms with E-state index in [-0.39, 0.29) is 22.5 Å². The molecule has 2 aromatic carbocycles. The number of hydrogen-bond acceptors (Lipinski definition) is 3. The number of nitrogens with zero attached hydrogens (tertiary/aromatic N) is 1. The van der Waals surface area contributed by atoms with Crippen LogP contribution >= 0.6 is 11.6 Å². The van der Waals surface area contributed by atoms with Crippen LogP contribution in [0.1, 0.15) is 63.0 Å². The molecule has 0 saturated carbocycles. The number of benzene rings is 2. The van der Waals surface area contributed by atoms with Gasteiger partial charge in [0, 0.05) is 23.3 Å². The number of pyridine rings is 1. The fourth-order valence-electron chi connectivity index (χ4n) is 3.37. The van der Waals surface area contributed by atoms with Crippen molar-refractivity contribution in [2.75, 3.05) is 5.32 Å². The first-order valence-corrected chi connectivity index (χ1v) is 10.00. The zero-order chi connectivity index (χ0) is 21.6. The van der Waals surface area contributed by atoms with Crippen LogP contribution in [0.25, 0.3) is 10.9 Å². The summed E-state index contributed by atoms with van der Waals surface area (Å²) in [6.45, 7) is 12.4. The zero-order valence-electron chi connectivity index (χ0n) is 17.7. The van der Waals surface area contributed by atoms with Gasteiger partial charge in [0.15, 0.2) is 0 Å². The Morgan fingerprint density at radius 3 is 2.24 bits per heavy atom. The first kappa shape index (κ1) is 21.1. The number of anilines is 1. The van der Waals surface area contributed by atoms with Gasteiger partial charge < -0.3 is 10.4 Å². The molecule has 3 rings (SSSR count). The van der Waals surface area contributed by atoms with Crippen LogP contribution in [0.2, 0.25) is 5.02 Å². The molecule has 0 aliphatic heterocycles. The van der Waals surface area contributed by atoms with E-state index in [4.69, 9.17) is 11.6 Å². The highest BCUT2D eigenvalue weighted by molar-refractivity contribution is 6.38. The van der Waals surface area contributed by atoms with Gasteiger partial charge in [0.25, 0.3) is 5.91 Å².